The number of likely N-dealkylation sites (tertiary alicyclic amines) is 1. The third-order valence-electron chi connectivity index (χ3n) is 2.92. The molecule has 1 N–H and O–H groups in total. The summed E-state index contributed by atoms with van der Waals surface area (Å²) >= 11 is 0. The van der Waals surface area contributed by atoms with Crippen LogP contribution in [0.2, 0.25) is 0 Å². The summed E-state index contributed by atoms with van der Waals surface area (Å²) in [6.07, 6.45) is -5.08. The fraction of sp³-hybridized carbons (Fsp3) is 1.00. The molecule has 0 radical (unpaired) electrons. The molecule has 3 nitrogen and oxygen atoms in total. The Morgan fingerprint density at radius 3 is 2.38 bits per heavy atom. The van der Waals surface area contributed by atoms with Crippen molar-refractivity contribution in [3.63, 3.8) is 0 Å². The summed E-state index contributed by atoms with van der Waals surface area (Å²) in [4.78, 5) is 1.66. The van der Waals surface area contributed by atoms with E-state index in [1.165, 1.54) is 0 Å². The van der Waals surface area contributed by atoms with Crippen LogP contribution >= 0.6 is 0 Å². The zero-order chi connectivity index (χ0) is 12.2. The van der Waals surface area contributed by atoms with Gasteiger partial charge in [0.25, 0.3) is 0 Å². The van der Waals surface area contributed by atoms with Crippen LogP contribution in [0.1, 0.15) is 12.8 Å². The molecule has 1 rings (SSSR count). The van der Waals surface area contributed by atoms with Crippen molar-refractivity contribution < 1.29 is 23.0 Å². The van der Waals surface area contributed by atoms with E-state index in [1.54, 1.807) is 12.0 Å². The van der Waals surface area contributed by atoms with E-state index in [2.05, 4.69) is 0 Å². The highest BCUT2D eigenvalue weighted by atomic mass is 19.4. The molecule has 0 aliphatic carbocycles. The van der Waals surface area contributed by atoms with Crippen LogP contribution in [0.25, 0.3) is 0 Å². The van der Waals surface area contributed by atoms with Gasteiger partial charge < -0.3 is 14.7 Å². The number of ether oxygens (including phenoxy) is 1. The first-order valence-electron chi connectivity index (χ1n) is 5.39. The Labute approximate surface area is 93.2 Å². The lowest BCUT2D eigenvalue weighted by Crippen LogP contribution is -2.44. The Balaban J connectivity index is 2.27. The number of aliphatic hydroxyl groups is 1. The summed E-state index contributed by atoms with van der Waals surface area (Å²) in [7, 11) is 1.62. The van der Waals surface area contributed by atoms with Crippen molar-refractivity contribution in [3.05, 3.63) is 0 Å². The largest absolute Gasteiger partial charge is 0.415 e. The molecule has 0 saturated carbocycles. The third-order valence-corrected chi connectivity index (χ3v) is 2.92. The summed E-state index contributed by atoms with van der Waals surface area (Å²) < 4.78 is 41.3. The lowest BCUT2D eigenvalue weighted by Gasteiger charge is -2.33. The number of nitrogens with zero attached hydrogens (tertiary/aromatic N) is 1. The SMILES string of the molecule is COCC1CCN(CC(O)C(F)(F)F)CC1. The molecule has 6 heteroatoms. The molecule has 1 unspecified atom stereocenters. The van der Waals surface area contributed by atoms with Gasteiger partial charge in [-0.15, -0.1) is 0 Å². The Bertz CT molecular complexity index is 203. The van der Waals surface area contributed by atoms with Crippen LogP contribution in [0.3, 0.4) is 0 Å². The van der Waals surface area contributed by atoms with Crippen molar-refractivity contribution in [1.82, 2.24) is 4.90 Å². The smallest absolute Gasteiger partial charge is 0.384 e. The van der Waals surface area contributed by atoms with Gasteiger partial charge in [0.15, 0.2) is 6.10 Å². The maximum atomic E-state index is 12.1. The molecule has 1 heterocycles. The highest BCUT2D eigenvalue weighted by Crippen LogP contribution is 2.23. The zero-order valence-corrected chi connectivity index (χ0v) is 9.33. The van der Waals surface area contributed by atoms with Crippen LogP contribution in [-0.2, 0) is 4.74 Å². The molecule has 0 aromatic carbocycles. The van der Waals surface area contributed by atoms with Crippen LogP contribution < -0.4 is 0 Å². The Kier molecular flexibility index (Phi) is 5.01. The predicted octanol–water partition coefficient (Wildman–Crippen LogP) is 1.27. The zero-order valence-electron chi connectivity index (χ0n) is 9.33. The minimum Gasteiger partial charge on any atom is -0.384 e. The van der Waals surface area contributed by atoms with Gasteiger partial charge in [-0.1, -0.05) is 0 Å². The van der Waals surface area contributed by atoms with Gasteiger partial charge in [0, 0.05) is 20.3 Å². The number of β-amino-alcohol motifs (C(OH)–C–C–N with tert-alkyl or cyclic N) is 1. The lowest BCUT2D eigenvalue weighted by atomic mass is 9.97. The van der Waals surface area contributed by atoms with Crippen LogP contribution in [0.15, 0.2) is 0 Å². The highest BCUT2D eigenvalue weighted by molar-refractivity contribution is 4.76. The molecular formula is C10H18F3NO2. The van der Waals surface area contributed by atoms with E-state index < -0.39 is 12.3 Å². The summed E-state index contributed by atoms with van der Waals surface area (Å²) in [5.41, 5.74) is 0. The van der Waals surface area contributed by atoms with Crippen LogP contribution in [0, 0.1) is 5.92 Å². The molecule has 16 heavy (non-hydrogen) atoms. The molecule has 0 spiro atoms. The van der Waals surface area contributed by atoms with Crippen molar-refractivity contribution in [2.24, 2.45) is 5.92 Å². The van der Waals surface area contributed by atoms with Gasteiger partial charge in [-0.05, 0) is 31.8 Å². The Morgan fingerprint density at radius 1 is 1.38 bits per heavy atom. The van der Waals surface area contributed by atoms with Crippen LogP contribution in [-0.4, -0.2) is 55.6 Å². The molecule has 0 aromatic heterocycles. The number of methoxy groups -OCH3 is 1. The summed E-state index contributed by atoms with van der Waals surface area (Å²) in [6, 6.07) is 0. The van der Waals surface area contributed by atoms with E-state index >= 15 is 0 Å². The molecule has 1 saturated heterocycles. The van der Waals surface area contributed by atoms with Gasteiger partial charge in [0.1, 0.15) is 0 Å². The average molecular weight is 241 g/mol. The lowest BCUT2D eigenvalue weighted by molar-refractivity contribution is -0.208. The highest BCUT2D eigenvalue weighted by Gasteiger charge is 2.39. The number of piperidine rings is 1. The minimum atomic E-state index is -4.51. The van der Waals surface area contributed by atoms with Crippen molar-refractivity contribution in [2.75, 3.05) is 33.4 Å². The van der Waals surface area contributed by atoms with Gasteiger partial charge in [0.2, 0.25) is 0 Å². The van der Waals surface area contributed by atoms with E-state index in [1.807, 2.05) is 0 Å². The standard InChI is InChI=1S/C10H18F3NO2/c1-16-7-8-2-4-14(5-3-8)6-9(15)10(11,12)13/h8-9,15H,2-7H2,1H3. The fourth-order valence-electron chi connectivity index (χ4n) is 1.92. The van der Waals surface area contributed by atoms with Crippen molar-refractivity contribution >= 4 is 0 Å². The number of hydrogen-bond donors (Lipinski definition) is 1. The number of aliphatic hydroxyl groups excluding tert-OH is 1. The van der Waals surface area contributed by atoms with Crippen molar-refractivity contribution in [3.8, 4) is 0 Å². The average Bonchev–Trinajstić information content (AvgIpc) is 2.20. The van der Waals surface area contributed by atoms with E-state index in [4.69, 9.17) is 9.84 Å². The molecule has 1 aliphatic heterocycles. The first kappa shape index (κ1) is 13.7. The molecule has 0 aromatic rings. The molecule has 1 atom stereocenters. The summed E-state index contributed by atoms with van der Waals surface area (Å²) in [6.45, 7) is 1.54. The summed E-state index contributed by atoms with van der Waals surface area (Å²) in [5, 5.41) is 8.92. The summed E-state index contributed by atoms with van der Waals surface area (Å²) in [5.74, 6) is 0.435. The van der Waals surface area contributed by atoms with Gasteiger partial charge in [-0.3, -0.25) is 0 Å². The Hall–Kier alpha value is -0.330. The molecule has 96 valence electrons. The molecule has 0 amide bonds. The van der Waals surface area contributed by atoms with E-state index in [0.29, 0.717) is 25.6 Å². The van der Waals surface area contributed by atoms with Crippen molar-refractivity contribution in [2.45, 2.75) is 25.1 Å². The number of halogens is 3. The first-order chi connectivity index (χ1) is 7.43. The second kappa shape index (κ2) is 5.84. The van der Waals surface area contributed by atoms with Gasteiger partial charge >= 0.3 is 6.18 Å². The Morgan fingerprint density at radius 2 is 1.94 bits per heavy atom. The van der Waals surface area contributed by atoms with E-state index in [9.17, 15) is 13.2 Å². The normalized spacial score (nSPS) is 22.3. The van der Waals surface area contributed by atoms with Gasteiger partial charge in [0.05, 0.1) is 0 Å². The quantitative estimate of drug-likeness (QED) is 0.804. The fourth-order valence-corrected chi connectivity index (χ4v) is 1.92. The molecular weight excluding hydrogens is 223 g/mol. The van der Waals surface area contributed by atoms with Crippen LogP contribution in [0.4, 0.5) is 13.2 Å². The molecule has 1 fully saturated rings. The molecule has 1 aliphatic rings. The maximum absolute atomic E-state index is 12.1. The van der Waals surface area contributed by atoms with Gasteiger partial charge in [-0.25, -0.2) is 0 Å². The second-order valence-corrected chi connectivity index (χ2v) is 4.26. The van der Waals surface area contributed by atoms with Crippen LogP contribution in [0.5, 0.6) is 0 Å². The number of alkyl halides is 3. The number of rotatable bonds is 4. The monoisotopic (exact) mass is 241 g/mol. The topological polar surface area (TPSA) is 32.7 Å². The predicted molar refractivity (Wildman–Crippen MR) is 53.1 cm³/mol. The minimum absolute atomic E-state index is 0.316. The van der Waals surface area contributed by atoms with Gasteiger partial charge in [-0.2, -0.15) is 13.2 Å². The number of hydrogen-bond acceptors (Lipinski definition) is 3. The third kappa shape index (κ3) is 4.27. The van der Waals surface area contributed by atoms with E-state index in [-0.39, 0.29) is 6.54 Å². The maximum Gasteiger partial charge on any atom is 0.415 e. The first-order valence-corrected chi connectivity index (χ1v) is 5.39. The second-order valence-electron chi connectivity index (χ2n) is 4.26. The van der Waals surface area contributed by atoms with Crippen molar-refractivity contribution in [1.29, 1.82) is 0 Å². The van der Waals surface area contributed by atoms with E-state index in [0.717, 1.165) is 12.8 Å². The molecule has 0 bridgehead atoms.